The third-order valence-electron chi connectivity index (χ3n) is 3.12. The zero-order valence-electron chi connectivity index (χ0n) is 12.0. The van der Waals surface area contributed by atoms with Gasteiger partial charge >= 0.3 is 6.18 Å². The second-order valence-corrected chi connectivity index (χ2v) is 4.74. The van der Waals surface area contributed by atoms with E-state index in [0.717, 1.165) is 11.8 Å². The average Bonchev–Trinajstić information content (AvgIpc) is 2.75. The molecule has 1 heterocycles. The van der Waals surface area contributed by atoms with Crippen LogP contribution in [0, 0.1) is 17.0 Å². The number of nitro benzene ring substituents is 1. The smallest absolute Gasteiger partial charge is 0.305 e. The van der Waals surface area contributed by atoms with E-state index in [1.165, 1.54) is 10.7 Å². The van der Waals surface area contributed by atoms with E-state index in [2.05, 4.69) is 10.4 Å². The van der Waals surface area contributed by atoms with Crippen molar-refractivity contribution in [1.82, 2.24) is 9.78 Å². The summed E-state index contributed by atoms with van der Waals surface area (Å²) in [5.74, 6) is -0.771. The van der Waals surface area contributed by atoms with E-state index < -0.39 is 33.8 Å². The van der Waals surface area contributed by atoms with Crippen LogP contribution < -0.4 is 5.32 Å². The molecular formula is C13H11F3N4O3. The van der Waals surface area contributed by atoms with Gasteiger partial charge in [-0.25, -0.2) is 0 Å². The van der Waals surface area contributed by atoms with E-state index in [4.69, 9.17) is 0 Å². The molecule has 0 bridgehead atoms. The molecule has 122 valence electrons. The van der Waals surface area contributed by atoms with Crippen LogP contribution in [0.15, 0.2) is 24.3 Å². The lowest BCUT2D eigenvalue weighted by atomic mass is 10.1. The van der Waals surface area contributed by atoms with Crippen molar-refractivity contribution in [3.8, 4) is 0 Å². The fraction of sp³-hybridized carbons (Fsp3) is 0.231. The number of nitro groups is 1. The quantitative estimate of drug-likeness (QED) is 0.693. The number of hydrogen-bond donors (Lipinski definition) is 1. The van der Waals surface area contributed by atoms with Gasteiger partial charge in [-0.3, -0.25) is 19.6 Å². The Labute approximate surface area is 127 Å². The van der Waals surface area contributed by atoms with Crippen LogP contribution in [0.25, 0.3) is 0 Å². The third-order valence-corrected chi connectivity index (χ3v) is 3.12. The van der Waals surface area contributed by atoms with Crippen LogP contribution in [0.4, 0.5) is 24.7 Å². The van der Waals surface area contributed by atoms with Gasteiger partial charge < -0.3 is 5.32 Å². The molecule has 7 nitrogen and oxygen atoms in total. The van der Waals surface area contributed by atoms with Crippen molar-refractivity contribution >= 4 is 17.4 Å². The molecule has 2 aromatic rings. The Balaban J connectivity index is 2.38. The maximum atomic E-state index is 12.6. The van der Waals surface area contributed by atoms with E-state index in [1.54, 1.807) is 14.0 Å². The molecule has 10 heteroatoms. The van der Waals surface area contributed by atoms with Crippen molar-refractivity contribution in [3.63, 3.8) is 0 Å². The fourth-order valence-electron chi connectivity index (χ4n) is 1.86. The maximum Gasteiger partial charge on any atom is 0.416 e. The highest BCUT2D eigenvalue weighted by Gasteiger charge is 2.34. The molecule has 1 N–H and O–H groups in total. The Morgan fingerprint density at radius 3 is 2.48 bits per heavy atom. The molecule has 0 spiro atoms. The fourth-order valence-corrected chi connectivity index (χ4v) is 1.86. The predicted octanol–water partition coefficient (Wildman–Crippen LogP) is 2.91. The standard InChI is InChI=1S/C13H11F3N4O3/c1-7-5-11(18-19(7)2)17-12(21)9-4-3-8(13(14,15)16)6-10(9)20(22)23/h3-6H,1-2H3,(H,17,18,21). The predicted molar refractivity (Wildman–Crippen MR) is 74.0 cm³/mol. The van der Waals surface area contributed by atoms with Gasteiger partial charge in [0.15, 0.2) is 5.82 Å². The zero-order valence-corrected chi connectivity index (χ0v) is 12.0. The van der Waals surface area contributed by atoms with Crippen LogP contribution in [-0.2, 0) is 13.2 Å². The van der Waals surface area contributed by atoms with Crippen molar-refractivity contribution in [2.75, 3.05) is 5.32 Å². The first kappa shape index (κ1) is 16.5. The highest BCUT2D eigenvalue weighted by atomic mass is 19.4. The van der Waals surface area contributed by atoms with Gasteiger partial charge in [-0.15, -0.1) is 0 Å². The Morgan fingerprint density at radius 2 is 2.00 bits per heavy atom. The topological polar surface area (TPSA) is 90.1 Å². The summed E-state index contributed by atoms with van der Waals surface area (Å²) in [6.45, 7) is 1.73. The second kappa shape index (κ2) is 5.71. The SMILES string of the molecule is Cc1cc(NC(=O)c2ccc(C(F)(F)F)cc2[N+](=O)[O-])nn1C. The van der Waals surface area contributed by atoms with E-state index in [1.807, 2.05) is 0 Å². The lowest BCUT2D eigenvalue weighted by molar-refractivity contribution is -0.385. The van der Waals surface area contributed by atoms with Gasteiger partial charge in [0.1, 0.15) is 5.56 Å². The van der Waals surface area contributed by atoms with Gasteiger partial charge in [0.25, 0.3) is 11.6 Å². The highest BCUT2D eigenvalue weighted by Crippen LogP contribution is 2.33. The molecule has 0 aliphatic heterocycles. The Kier molecular flexibility index (Phi) is 4.08. The summed E-state index contributed by atoms with van der Waals surface area (Å²) in [5, 5.41) is 17.2. The van der Waals surface area contributed by atoms with Crippen molar-refractivity contribution in [1.29, 1.82) is 0 Å². The molecule has 0 saturated carbocycles. The van der Waals surface area contributed by atoms with Crippen LogP contribution in [0.1, 0.15) is 21.6 Å². The Morgan fingerprint density at radius 1 is 1.35 bits per heavy atom. The number of carbonyl (C=O) groups is 1. The van der Waals surface area contributed by atoms with Gasteiger partial charge in [-0.05, 0) is 19.1 Å². The number of alkyl halides is 3. The number of nitrogens with zero attached hydrogens (tertiary/aromatic N) is 3. The molecule has 0 aliphatic carbocycles. The second-order valence-electron chi connectivity index (χ2n) is 4.74. The molecule has 0 radical (unpaired) electrons. The normalized spacial score (nSPS) is 11.3. The first-order chi connectivity index (χ1) is 10.6. The zero-order chi connectivity index (χ0) is 17.4. The lowest BCUT2D eigenvalue weighted by Gasteiger charge is -2.08. The van der Waals surface area contributed by atoms with Crippen molar-refractivity contribution in [2.45, 2.75) is 13.1 Å². The number of anilines is 1. The molecular weight excluding hydrogens is 317 g/mol. The van der Waals surface area contributed by atoms with E-state index in [0.29, 0.717) is 12.1 Å². The van der Waals surface area contributed by atoms with E-state index in [-0.39, 0.29) is 5.82 Å². The largest absolute Gasteiger partial charge is 0.416 e. The number of hydrogen-bond acceptors (Lipinski definition) is 4. The van der Waals surface area contributed by atoms with Gasteiger partial charge in [0.05, 0.1) is 10.5 Å². The summed E-state index contributed by atoms with van der Waals surface area (Å²) >= 11 is 0. The molecule has 0 saturated heterocycles. The summed E-state index contributed by atoms with van der Waals surface area (Å²) < 4.78 is 39.3. The number of nitrogens with one attached hydrogen (secondary N) is 1. The maximum absolute atomic E-state index is 12.6. The van der Waals surface area contributed by atoms with Crippen molar-refractivity contribution in [3.05, 3.63) is 51.2 Å². The van der Waals surface area contributed by atoms with Gasteiger partial charge in [0, 0.05) is 24.9 Å². The number of carbonyl (C=O) groups excluding carboxylic acids is 1. The minimum Gasteiger partial charge on any atom is -0.305 e. The molecule has 0 fully saturated rings. The minimum atomic E-state index is -4.74. The molecule has 1 aromatic carbocycles. The van der Waals surface area contributed by atoms with E-state index in [9.17, 15) is 28.1 Å². The number of aryl methyl sites for hydroxylation is 2. The average molecular weight is 328 g/mol. The minimum absolute atomic E-state index is 0.143. The highest BCUT2D eigenvalue weighted by molar-refractivity contribution is 6.06. The van der Waals surface area contributed by atoms with E-state index >= 15 is 0 Å². The number of rotatable bonds is 3. The number of benzene rings is 1. The number of halogens is 3. The van der Waals surface area contributed by atoms with Crippen LogP contribution in [-0.4, -0.2) is 20.6 Å². The van der Waals surface area contributed by atoms with Gasteiger partial charge in [-0.2, -0.15) is 18.3 Å². The Bertz CT molecular complexity index is 764. The molecule has 1 amide bonds. The molecule has 23 heavy (non-hydrogen) atoms. The van der Waals surface area contributed by atoms with Crippen LogP contribution in [0.2, 0.25) is 0 Å². The Hall–Kier alpha value is -2.91. The van der Waals surface area contributed by atoms with Crippen molar-refractivity contribution < 1.29 is 22.9 Å². The first-order valence-electron chi connectivity index (χ1n) is 6.27. The summed E-state index contributed by atoms with van der Waals surface area (Å²) in [7, 11) is 1.63. The number of amides is 1. The summed E-state index contributed by atoms with van der Waals surface area (Å²) in [5.41, 5.74) is -1.88. The van der Waals surface area contributed by atoms with Crippen LogP contribution in [0.3, 0.4) is 0 Å². The lowest BCUT2D eigenvalue weighted by Crippen LogP contribution is -2.16. The van der Waals surface area contributed by atoms with Gasteiger partial charge in [-0.1, -0.05) is 0 Å². The van der Waals surface area contributed by atoms with Crippen LogP contribution in [0.5, 0.6) is 0 Å². The first-order valence-corrected chi connectivity index (χ1v) is 6.27. The molecule has 0 aliphatic rings. The van der Waals surface area contributed by atoms with Crippen molar-refractivity contribution in [2.24, 2.45) is 7.05 Å². The van der Waals surface area contributed by atoms with Gasteiger partial charge in [0.2, 0.25) is 0 Å². The number of aromatic nitrogens is 2. The summed E-state index contributed by atoms with van der Waals surface area (Å²) in [6, 6.07) is 3.24. The third kappa shape index (κ3) is 3.47. The molecule has 1 aromatic heterocycles. The molecule has 0 atom stereocenters. The molecule has 0 unspecified atom stereocenters. The summed E-state index contributed by atoms with van der Waals surface area (Å²) in [4.78, 5) is 22.0. The summed E-state index contributed by atoms with van der Waals surface area (Å²) in [6.07, 6.45) is -4.74. The monoisotopic (exact) mass is 328 g/mol. The molecule has 2 rings (SSSR count). The van der Waals surface area contributed by atoms with Crippen LogP contribution >= 0.6 is 0 Å².